The predicted octanol–water partition coefficient (Wildman–Crippen LogP) is 3.18. The summed E-state index contributed by atoms with van der Waals surface area (Å²) in [6, 6.07) is 8.00. The Hall–Kier alpha value is -2.71. The van der Waals surface area contributed by atoms with Crippen LogP contribution >= 0.6 is 0 Å². The lowest BCUT2D eigenvalue weighted by Crippen LogP contribution is -2.49. The number of rotatable bonds is 8. The molecule has 6 nitrogen and oxygen atoms in total. The van der Waals surface area contributed by atoms with Gasteiger partial charge in [-0.15, -0.1) is 0 Å². The van der Waals surface area contributed by atoms with Gasteiger partial charge in [-0.2, -0.15) is 0 Å². The number of ether oxygens (including phenoxy) is 1. The van der Waals surface area contributed by atoms with Crippen molar-refractivity contribution in [3.05, 3.63) is 64.7 Å². The van der Waals surface area contributed by atoms with Crippen LogP contribution in [0.2, 0.25) is 0 Å². The number of nitrogens with one attached hydrogen (secondary N) is 2. The Morgan fingerprint density at radius 2 is 1.97 bits per heavy atom. The third-order valence-corrected chi connectivity index (χ3v) is 5.39. The van der Waals surface area contributed by atoms with Crippen LogP contribution in [0.5, 0.6) is 5.75 Å². The number of hydrogen-bond acceptors (Lipinski definition) is 4. The van der Waals surface area contributed by atoms with Crippen molar-refractivity contribution in [3.8, 4) is 5.75 Å². The molecule has 3 atom stereocenters. The van der Waals surface area contributed by atoms with Gasteiger partial charge in [0.1, 0.15) is 17.4 Å². The number of benzene rings is 2. The van der Waals surface area contributed by atoms with E-state index in [1.54, 1.807) is 7.11 Å². The molecule has 0 aromatic heterocycles. The number of fused-ring (bicyclic) bond motifs is 1. The fraction of sp³-hybridized carbons (Fsp3) is 0.409. The fourth-order valence-corrected chi connectivity index (χ4v) is 3.95. The molecule has 1 aliphatic carbocycles. The molecule has 4 N–H and O–H groups in total. The Bertz CT molecular complexity index is 873. The average Bonchev–Trinajstić information content (AvgIpc) is 2.70. The van der Waals surface area contributed by atoms with Crippen molar-refractivity contribution in [3.63, 3.8) is 0 Å². The summed E-state index contributed by atoms with van der Waals surface area (Å²) in [6.07, 6.45) is 0.380. The average molecular weight is 420 g/mol. The van der Waals surface area contributed by atoms with Crippen LogP contribution < -0.4 is 15.4 Å². The minimum absolute atomic E-state index is 0.00408. The van der Waals surface area contributed by atoms with E-state index in [0.29, 0.717) is 0 Å². The van der Waals surface area contributed by atoms with E-state index in [1.165, 1.54) is 5.56 Å². The Labute approximate surface area is 173 Å². The molecule has 0 radical (unpaired) electrons. The van der Waals surface area contributed by atoms with Gasteiger partial charge in [-0.25, -0.2) is 13.6 Å². The second-order valence-electron chi connectivity index (χ2n) is 7.52. The zero-order chi connectivity index (χ0) is 21.7. The van der Waals surface area contributed by atoms with Crippen molar-refractivity contribution in [2.45, 2.75) is 43.9 Å². The van der Waals surface area contributed by atoms with E-state index in [1.807, 2.05) is 18.2 Å². The molecule has 1 amide bonds. The van der Waals surface area contributed by atoms with Gasteiger partial charge in [-0.3, -0.25) is 0 Å². The van der Waals surface area contributed by atoms with Crippen LogP contribution in [0.1, 0.15) is 35.6 Å². The van der Waals surface area contributed by atoms with Crippen molar-refractivity contribution < 1.29 is 28.5 Å². The summed E-state index contributed by atoms with van der Waals surface area (Å²) in [5.41, 5.74) is 2.57. The summed E-state index contributed by atoms with van der Waals surface area (Å²) in [6.45, 7) is 0.115. The third kappa shape index (κ3) is 5.67. The zero-order valence-electron chi connectivity index (χ0n) is 16.7. The van der Waals surface area contributed by atoms with Gasteiger partial charge in [0, 0.05) is 18.7 Å². The summed E-state index contributed by atoms with van der Waals surface area (Å²) < 4.78 is 32.3. The SMILES string of the molecule is COc1ccc2c(c1)C(NC[C@@H](O)[C@H](Cc1cc(F)cc(F)c1)NC(=O)O)CCC2. The van der Waals surface area contributed by atoms with Crippen LogP contribution in [0.25, 0.3) is 0 Å². The van der Waals surface area contributed by atoms with E-state index in [2.05, 4.69) is 10.6 Å². The first-order valence-corrected chi connectivity index (χ1v) is 9.88. The molecule has 1 aliphatic rings. The van der Waals surface area contributed by atoms with Gasteiger partial charge in [-0.1, -0.05) is 6.07 Å². The first kappa shape index (κ1) is 22.0. The third-order valence-electron chi connectivity index (χ3n) is 5.39. The van der Waals surface area contributed by atoms with Crippen LogP contribution in [0.15, 0.2) is 36.4 Å². The van der Waals surface area contributed by atoms with Gasteiger partial charge in [0.2, 0.25) is 0 Å². The summed E-state index contributed by atoms with van der Waals surface area (Å²) >= 11 is 0. The number of carbonyl (C=O) groups is 1. The fourth-order valence-electron chi connectivity index (χ4n) is 3.95. The van der Waals surface area contributed by atoms with E-state index in [4.69, 9.17) is 9.84 Å². The second-order valence-corrected chi connectivity index (χ2v) is 7.52. The summed E-state index contributed by atoms with van der Waals surface area (Å²) in [4.78, 5) is 11.2. The van der Waals surface area contributed by atoms with Crippen LogP contribution in [-0.2, 0) is 12.8 Å². The number of methoxy groups -OCH3 is 1. The maximum Gasteiger partial charge on any atom is 0.404 e. The molecule has 162 valence electrons. The largest absolute Gasteiger partial charge is 0.497 e. The van der Waals surface area contributed by atoms with Gasteiger partial charge in [-0.05, 0) is 66.6 Å². The Morgan fingerprint density at radius 1 is 1.23 bits per heavy atom. The van der Waals surface area contributed by atoms with E-state index in [-0.39, 0.29) is 24.6 Å². The van der Waals surface area contributed by atoms with E-state index in [9.17, 15) is 18.7 Å². The maximum atomic E-state index is 13.5. The van der Waals surface area contributed by atoms with Crippen LogP contribution in [0, 0.1) is 11.6 Å². The normalized spacial score (nSPS) is 17.7. The lowest BCUT2D eigenvalue weighted by atomic mass is 9.87. The number of amides is 1. The molecule has 8 heteroatoms. The number of halogens is 2. The van der Waals surface area contributed by atoms with Gasteiger partial charge in [0.25, 0.3) is 0 Å². The number of aryl methyl sites for hydroxylation is 1. The maximum absolute atomic E-state index is 13.5. The van der Waals surface area contributed by atoms with Gasteiger partial charge >= 0.3 is 6.09 Å². The molecule has 3 rings (SSSR count). The number of carboxylic acid groups (broad SMARTS) is 1. The molecule has 0 saturated carbocycles. The van der Waals surface area contributed by atoms with Crippen molar-refractivity contribution in [1.82, 2.24) is 10.6 Å². The molecule has 0 fully saturated rings. The lowest BCUT2D eigenvalue weighted by molar-refractivity contribution is 0.114. The van der Waals surface area contributed by atoms with Crippen molar-refractivity contribution in [2.24, 2.45) is 0 Å². The van der Waals surface area contributed by atoms with E-state index < -0.39 is 29.9 Å². The van der Waals surface area contributed by atoms with Gasteiger partial charge in [0.15, 0.2) is 0 Å². The van der Waals surface area contributed by atoms with Crippen molar-refractivity contribution in [2.75, 3.05) is 13.7 Å². The standard InChI is InChI=1S/C22H26F2N2O4/c1-30-17-6-5-14-3-2-4-19(18(14)11-17)25-12-21(27)20(26-22(28)29)9-13-7-15(23)10-16(24)8-13/h5-8,10-11,19-21,25-27H,2-4,9,12H2,1H3,(H,28,29)/t19?,20-,21+/m0/s1. The molecule has 0 saturated heterocycles. The first-order valence-electron chi connectivity index (χ1n) is 9.88. The van der Waals surface area contributed by atoms with Gasteiger partial charge < -0.3 is 25.6 Å². The Morgan fingerprint density at radius 3 is 2.63 bits per heavy atom. The summed E-state index contributed by atoms with van der Waals surface area (Å²) in [5.74, 6) is -0.750. The summed E-state index contributed by atoms with van der Waals surface area (Å²) in [5, 5.41) is 25.3. The molecule has 2 aromatic rings. The second kappa shape index (κ2) is 9.86. The molecule has 0 bridgehead atoms. The highest BCUT2D eigenvalue weighted by Crippen LogP contribution is 2.32. The molecular formula is C22H26F2N2O4. The Kier molecular flexibility index (Phi) is 7.23. The molecule has 30 heavy (non-hydrogen) atoms. The van der Waals surface area contributed by atoms with E-state index >= 15 is 0 Å². The first-order chi connectivity index (χ1) is 14.4. The molecule has 2 aromatic carbocycles. The molecule has 1 unspecified atom stereocenters. The quantitative estimate of drug-likeness (QED) is 0.527. The number of hydrogen-bond donors (Lipinski definition) is 4. The lowest BCUT2D eigenvalue weighted by Gasteiger charge is -2.30. The minimum Gasteiger partial charge on any atom is -0.497 e. The molecular weight excluding hydrogens is 394 g/mol. The molecule has 0 spiro atoms. The van der Waals surface area contributed by atoms with Crippen molar-refractivity contribution in [1.29, 1.82) is 0 Å². The monoisotopic (exact) mass is 420 g/mol. The van der Waals surface area contributed by atoms with Crippen LogP contribution in [0.4, 0.5) is 13.6 Å². The topological polar surface area (TPSA) is 90.8 Å². The Balaban J connectivity index is 1.69. The summed E-state index contributed by atoms with van der Waals surface area (Å²) in [7, 11) is 1.61. The smallest absolute Gasteiger partial charge is 0.404 e. The molecule has 0 aliphatic heterocycles. The molecule has 0 heterocycles. The highest BCUT2D eigenvalue weighted by molar-refractivity contribution is 5.65. The number of aliphatic hydroxyl groups excluding tert-OH is 1. The number of aliphatic hydroxyl groups is 1. The highest BCUT2D eigenvalue weighted by Gasteiger charge is 2.25. The zero-order valence-corrected chi connectivity index (χ0v) is 16.7. The minimum atomic E-state index is -1.32. The van der Waals surface area contributed by atoms with E-state index in [0.717, 1.165) is 48.8 Å². The van der Waals surface area contributed by atoms with Crippen molar-refractivity contribution >= 4 is 6.09 Å². The predicted molar refractivity (Wildman–Crippen MR) is 108 cm³/mol. The van der Waals surface area contributed by atoms with Crippen LogP contribution in [-0.4, -0.2) is 42.1 Å². The van der Waals surface area contributed by atoms with Crippen LogP contribution in [0.3, 0.4) is 0 Å². The highest BCUT2D eigenvalue weighted by atomic mass is 19.1. The van der Waals surface area contributed by atoms with Gasteiger partial charge in [0.05, 0.1) is 19.3 Å².